The molecule has 0 spiro atoms. The molecule has 0 radical (unpaired) electrons. The molecule has 1 heterocycles. The maximum Gasteiger partial charge on any atom is 0.0665 e. The van der Waals surface area contributed by atoms with Gasteiger partial charge in [-0.25, -0.2) is 0 Å². The van der Waals surface area contributed by atoms with Crippen molar-refractivity contribution in [3.63, 3.8) is 0 Å². The molecule has 2 N–H and O–H groups in total. The van der Waals surface area contributed by atoms with Crippen LogP contribution in [0.3, 0.4) is 0 Å². The summed E-state index contributed by atoms with van der Waals surface area (Å²) in [6.45, 7) is 9.38. The maximum absolute atomic E-state index is 5.78. The Balaban J connectivity index is 1.87. The SMILES string of the molecule is Cc1ccc(Cn2nc(C)c(Cc3ccc(N)cc3)c2C)c(C)c1. The lowest BCUT2D eigenvalue weighted by molar-refractivity contribution is 0.655. The molecule has 24 heavy (non-hydrogen) atoms. The van der Waals surface area contributed by atoms with Gasteiger partial charge < -0.3 is 5.73 Å². The minimum Gasteiger partial charge on any atom is -0.399 e. The van der Waals surface area contributed by atoms with Crippen LogP contribution < -0.4 is 5.73 Å². The summed E-state index contributed by atoms with van der Waals surface area (Å²) in [6, 6.07) is 14.7. The van der Waals surface area contributed by atoms with Crippen LogP contribution in [0.4, 0.5) is 5.69 Å². The van der Waals surface area contributed by atoms with Crippen LogP contribution >= 0.6 is 0 Å². The van der Waals surface area contributed by atoms with Gasteiger partial charge in [-0.05, 0) is 56.5 Å². The lowest BCUT2D eigenvalue weighted by atomic mass is 10.0. The van der Waals surface area contributed by atoms with Gasteiger partial charge in [0.15, 0.2) is 0 Å². The number of hydrogen-bond donors (Lipinski definition) is 1. The average Bonchev–Trinajstić information content (AvgIpc) is 2.80. The number of benzene rings is 2. The predicted molar refractivity (Wildman–Crippen MR) is 100 cm³/mol. The summed E-state index contributed by atoms with van der Waals surface area (Å²) >= 11 is 0. The highest BCUT2D eigenvalue weighted by Gasteiger charge is 2.13. The number of rotatable bonds is 4. The fourth-order valence-electron chi connectivity index (χ4n) is 3.17. The second-order valence-corrected chi connectivity index (χ2v) is 6.66. The van der Waals surface area contributed by atoms with Gasteiger partial charge in [-0.3, -0.25) is 4.68 Å². The Bertz CT molecular complexity index is 858. The lowest BCUT2D eigenvalue weighted by Crippen LogP contribution is -2.06. The van der Waals surface area contributed by atoms with E-state index in [1.807, 2.05) is 12.1 Å². The molecule has 0 aliphatic carbocycles. The summed E-state index contributed by atoms with van der Waals surface area (Å²) in [5, 5.41) is 4.77. The summed E-state index contributed by atoms with van der Waals surface area (Å²) in [5.74, 6) is 0. The molecule has 124 valence electrons. The predicted octanol–water partition coefficient (Wildman–Crippen LogP) is 4.34. The summed E-state index contributed by atoms with van der Waals surface area (Å²) in [5.41, 5.74) is 15.4. The molecule has 0 saturated carbocycles. The summed E-state index contributed by atoms with van der Waals surface area (Å²) in [4.78, 5) is 0. The van der Waals surface area contributed by atoms with Crippen LogP contribution in [0.2, 0.25) is 0 Å². The molecule has 0 unspecified atom stereocenters. The van der Waals surface area contributed by atoms with Crippen LogP contribution in [0.1, 0.15) is 39.2 Å². The fourth-order valence-corrected chi connectivity index (χ4v) is 3.17. The summed E-state index contributed by atoms with van der Waals surface area (Å²) < 4.78 is 2.12. The van der Waals surface area contributed by atoms with Gasteiger partial charge in [0.25, 0.3) is 0 Å². The van der Waals surface area contributed by atoms with Gasteiger partial charge in [0.2, 0.25) is 0 Å². The molecule has 0 fully saturated rings. The third kappa shape index (κ3) is 3.35. The molecule has 0 bridgehead atoms. The minimum absolute atomic E-state index is 0.803. The van der Waals surface area contributed by atoms with Gasteiger partial charge in [-0.1, -0.05) is 35.9 Å². The number of nitrogen functional groups attached to an aromatic ring is 1. The van der Waals surface area contributed by atoms with E-state index in [9.17, 15) is 0 Å². The van der Waals surface area contributed by atoms with E-state index >= 15 is 0 Å². The molecular formula is C21H25N3. The van der Waals surface area contributed by atoms with Crippen molar-refractivity contribution in [3.05, 3.63) is 81.7 Å². The van der Waals surface area contributed by atoms with Crippen LogP contribution in [0, 0.1) is 27.7 Å². The second-order valence-electron chi connectivity index (χ2n) is 6.66. The highest BCUT2D eigenvalue weighted by Crippen LogP contribution is 2.20. The fraction of sp³-hybridized carbons (Fsp3) is 0.286. The van der Waals surface area contributed by atoms with Gasteiger partial charge in [0.1, 0.15) is 0 Å². The van der Waals surface area contributed by atoms with Crippen LogP contribution in [-0.4, -0.2) is 9.78 Å². The van der Waals surface area contributed by atoms with Crippen LogP contribution in [-0.2, 0) is 13.0 Å². The van der Waals surface area contributed by atoms with Crippen LogP contribution in [0.25, 0.3) is 0 Å². The Morgan fingerprint density at radius 3 is 2.33 bits per heavy atom. The quantitative estimate of drug-likeness (QED) is 0.727. The standard InChI is InChI=1S/C21H25N3/c1-14-5-8-19(15(2)11-14)13-24-17(4)21(16(3)23-24)12-18-6-9-20(22)10-7-18/h5-11H,12-13,22H2,1-4H3. The highest BCUT2D eigenvalue weighted by atomic mass is 15.3. The van der Waals surface area contributed by atoms with Crippen molar-refractivity contribution in [1.82, 2.24) is 9.78 Å². The average molecular weight is 319 g/mol. The highest BCUT2D eigenvalue weighted by molar-refractivity contribution is 5.41. The van der Waals surface area contributed by atoms with Crippen molar-refractivity contribution in [2.45, 2.75) is 40.7 Å². The zero-order chi connectivity index (χ0) is 17.3. The Labute approximate surface area is 144 Å². The van der Waals surface area contributed by atoms with E-state index in [1.165, 1.54) is 33.5 Å². The van der Waals surface area contributed by atoms with Crippen molar-refractivity contribution in [2.24, 2.45) is 0 Å². The molecule has 2 aromatic carbocycles. The van der Waals surface area contributed by atoms with Gasteiger partial charge >= 0.3 is 0 Å². The van der Waals surface area contributed by atoms with Crippen molar-refractivity contribution in [3.8, 4) is 0 Å². The first-order valence-electron chi connectivity index (χ1n) is 8.37. The number of anilines is 1. The number of aryl methyl sites for hydroxylation is 3. The van der Waals surface area contributed by atoms with E-state index < -0.39 is 0 Å². The largest absolute Gasteiger partial charge is 0.399 e. The van der Waals surface area contributed by atoms with Crippen LogP contribution in [0.15, 0.2) is 42.5 Å². The van der Waals surface area contributed by atoms with Crippen LogP contribution in [0.5, 0.6) is 0 Å². The zero-order valence-electron chi connectivity index (χ0n) is 14.9. The number of nitrogens with two attached hydrogens (primary N) is 1. The second kappa shape index (κ2) is 6.52. The molecule has 0 amide bonds. The molecule has 0 saturated heterocycles. The zero-order valence-corrected chi connectivity index (χ0v) is 14.9. The first kappa shape index (κ1) is 16.3. The van der Waals surface area contributed by atoms with Gasteiger partial charge in [0.05, 0.1) is 12.2 Å². The Hall–Kier alpha value is -2.55. The molecule has 3 nitrogen and oxygen atoms in total. The van der Waals surface area contributed by atoms with E-state index in [1.54, 1.807) is 0 Å². The lowest BCUT2D eigenvalue weighted by Gasteiger charge is -2.09. The van der Waals surface area contributed by atoms with Gasteiger partial charge in [-0.2, -0.15) is 5.10 Å². The molecule has 3 aromatic rings. The van der Waals surface area contributed by atoms with Gasteiger partial charge in [0, 0.05) is 23.4 Å². The van der Waals surface area contributed by atoms with Crippen molar-refractivity contribution in [2.75, 3.05) is 5.73 Å². The summed E-state index contributed by atoms with van der Waals surface area (Å²) in [6.07, 6.45) is 0.894. The third-order valence-electron chi connectivity index (χ3n) is 4.71. The first-order valence-corrected chi connectivity index (χ1v) is 8.37. The number of hydrogen-bond acceptors (Lipinski definition) is 2. The Kier molecular flexibility index (Phi) is 4.43. The van der Waals surface area contributed by atoms with E-state index in [0.717, 1.165) is 24.3 Å². The summed E-state index contributed by atoms with van der Waals surface area (Å²) in [7, 11) is 0. The van der Waals surface area contributed by atoms with E-state index in [4.69, 9.17) is 10.8 Å². The normalized spacial score (nSPS) is 11.0. The van der Waals surface area contributed by atoms with E-state index in [0.29, 0.717) is 0 Å². The van der Waals surface area contributed by atoms with Crippen molar-refractivity contribution in [1.29, 1.82) is 0 Å². The Morgan fingerprint density at radius 2 is 1.67 bits per heavy atom. The molecule has 3 rings (SSSR count). The molecule has 0 atom stereocenters. The maximum atomic E-state index is 5.78. The van der Waals surface area contributed by atoms with E-state index in [-0.39, 0.29) is 0 Å². The van der Waals surface area contributed by atoms with Gasteiger partial charge in [-0.15, -0.1) is 0 Å². The smallest absolute Gasteiger partial charge is 0.0665 e. The number of aromatic nitrogens is 2. The minimum atomic E-state index is 0.803. The van der Waals surface area contributed by atoms with E-state index in [2.05, 4.69) is 62.7 Å². The number of nitrogens with zero attached hydrogens (tertiary/aromatic N) is 2. The molecular weight excluding hydrogens is 294 g/mol. The first-order chi connectivity index (χ1) is 11.4. The Morgan fingerprint density at radius 1 is 0.958 bits per heavy atom. The van der Waals surface area contributed by atoms with Crippen molar-refractivity contribution >= 4 is 5.69 Å². The third-order valence-corrected chi connectivity index (χ3v) is 4.71. The van der Waals surface area contributed by atoms with Crippen molar-refractivity contribution < 1.29 is 0 Å². The molecule has 0 aliphatic rings. The monoisotopic (exact) mass is 319 g/mol. The molecule has 3 heteroatoms. The molecule has 1 aromatic heterocycles. The molecule has 0 aliphatic heterocycles. The topological polar surface area (TPSA) is 43.8 Å².